The van der Waals surface area contributed by atoms with E-state index in [0.717, 1.165) is 0 Å². The van der Waals surface area contributed by atoms with Gasteiger partial charge in [0, 0.05) is 19.6 Å². The Hall–Kier alpha value is -0.860. The Morgan fingerprint density at radius 3 is 2.56 bits per heavy atom. The molecule has 0 unspecified atom stereocenters. The van der Waals surface area contributed by atoms with Crippen LogP contribution in [0.25, 0.3) is 0 Å². The molecule has 0 amide bonds. The largest absolute Gasteiger partial charge is 0.480 e. The number of alkyl halides is 3. The highest BCUT2D eigenvalue weighted by Crippen LogP contribution is 2.24. The molecule has 0 aromatic carbocycles. The Kier molecular flexibility index (Phi) is 4.94. The van der Waals surface area contributed by atoms with E-state index >= 15 is 0 Å². The summed E-state index contributed by atoms with van der Waals surface area (Å²) in [6.45, 7) is 1.52. The maximum Gasteiger partial charge on any atom is 0.411 e. The van der Waals surface area contributed by atoms with Gasteiger partial charge < -0.3 is 14.6 Å². The zero-order valence-corrected chi connectivity index (χ0v) is 10.00. The smallest absolute Gasteiger partial charge is 0.411 e. The first-order valence-electron chi connectivity index (χ1n) is 5.43. The predicted octanol–water partition coefficient (Wildman–Crippen LogP) is 0.741. The summed E-state index contributed by atoms with van der Waals surface area (Å²) in [5, 5.41) is 8.45. The lowest BCUT2D eigenvalue weighted by atomic mass is 9.96. The van der Waals surface area contributed by atoms with Crippen molar-refractivity contribution in [3.8, 4) is 0 Å². The van der Waals surface area contributed by atoms with Crippen molar-refractivity contribution in [3.63, 3.8) is 0 Å². The van der Waals surface area contributed by atoms with Crippen molar-refractivity contribution >= 4 is 5.97 Å². The number of likely N-dealkylation sites (tertiary alicyclic amines) is 1. The standard InChI is InChI=1S/C10H16F3NO4/c1-9(18-4-8(15)16)5-14(6-9)2-3-17-7-10(11,12)13/h2-7H2,1H3,(H,15,16). The van der Waals surface area contributed by atoms with Gasteiger partial charge in [0.15, 0.2) is 0 Å². The third-order valence-electron chi connectivity index (χ3n) is 2.48. The molecule has 0 bridgehead atoms. The van der Waals surface area contributed by atoms with Crippen molar-refractivity contribution in [2.75, 3.05) is 39.5 Å². The van der Waals surface area contributed by atoms with Crippen LogP contribution in [0.5, 0.6) is 0 Å². The molecule has 1 heterocycles. The minimum atomic E-state index is -4.30. The quantitative estimate of drug-likeness (QED) is 0.692. The maximum absolute atomic E-state index is 11.8. The first kappa shape index (κ1) is 15.2. The van der Waals surface area contributed by atoms with Crippen molar-refractivity contribution in [1.29, 1.82) is 0 Å². The number of halogens is 3. The van der Waals surface area contributed by atoms with Crippen LogP contribution in [0.2, 0.25) is 0 Å². The summed E-state index contributed by atoms with van der Waals surface area (Å²) in [5.41, 5.74) is -0.525. The van der Waals surface area contributed by atoms with Crippen molar-refractivity contribution in [1.82, 2.24) is 4.90 Å². The van der Waals surface area contributed by atoms with Crippen molar-refractivity contribution < 1.29 is 32.5 Å². The Morgan fingerprint density at radius 2 is 2.06 bits per heavy atom. The third-order valence-corrected chi connectivity index (χ3v) is 2.48. The van der Waals surface area contributed by atoms with Gasteiger partial charge >= 0.3 is 12.1 Å². The molecule has 0 aromatic heterocycles. The minimum Gasteiger partial charge on any atom is -0.480 e. The van der Waals surface area contributed by atoms with E-state index < -0.39 is 24.4 Å². The summed E-state index contributed by atoms with van der Waals surface area (Å²) in [5.74, 6) is -1.04. The Morgan fingerprint density at radius 1 is 1.44 bits per heavy atom. The second kappa shape index (κ2) is 5.85. The second-order valence-corrected chi connectivity index (χ2v) is 4.51. The average Bonchev–Trinajstić information content (AvgIpc) is 2.17. The van der Waals surface area contributed by atoms with Crippen LogP contribution in [0.1, 0.15) is 6.92 Å². The summed E-state index contributed by atoms with van der Waals surface area (Å²) >= 11 is 0. The molecule has 0 aromatic rings. The molecule has 1 saturated heterocycles. The van der Waals surface area contributed by atoms with Gasteiger partial charge in [-0.25, -0.2) is 4.79 Å². The van der Waals surface area contributed by atoms with E-state index in [9.17, 15) is 18.0 Å². The average molecular weight is 271 g/mol. The fourth-order valence-electron chi connectivity index (χ4n) is 1.77. The number of carboxylic acids is 1. The Bertz CT molecular complexity index is 289. The van der Waals surface area contributed by atoms with E-state index in [4.69, 9.17) is 9.84 Å². The number of nitrogens with zero attached hydrogens (tertiary/aromatic N) is 1. The fourth-order valence-corrected chi connectivity index (χ4v) is 1.77. The number of hydrogen-bond acceptors (Lipinski definition) is 4. The molecule has 0 saturated carbocycles. The maximum atomic E-state index is 11.8. The molecule has 0 atom stereocenters. The van der Waals surface area contributed by atoms with E-state index in [-0.39, 0.29) is 13.2 Å². The molecule has 1 aliphatic rings. The fraction of sp³-hybridized carbons (Fsp3) is 0.900. The number of aliphatic carboxylic acids is 1. The van der Waals surface area contributed by atoms with E-state index in [2.05, 4.69) is 4.74 Å². The summed E-state index contributed by atoms with van der Waals surface area (Å²) in [4.78, 5) is 12.2. The van der Waals surface area contributed by atoms with Crippen molar-refractivity contribution in [2.24, 2.45) is 0 Å². The lowest BCUT2D eigenvalue weighted by molar-refractivity contribution is -0.181. The van der Waals surface area contributed by atoms with Gasteiger partial charge in [0.05, 0.1) is 12.2 Å². The highest BCUT2D eigenvalue weighted by molar-refractivity contribution is 5.68. The number of hydrogen-bond donors (Lipinski definition) is 1. The molecule has 1 aliphatic heterocycles. The third kappa shape index (κ3) is 5.65. The number of carbonyl (C=O) groups is 1. The van der Waals surface area contributed by atoms with Crippen LogP contribution in [-0.2, 0) is 14.3 Å². The second-order valence-electron chi connectivity index (χ2n) is 4.51. The Balaban J connectivity index is 2.06. The van der Waals surface area contributed by atoms with E-state index in [1.54, 1.807) is 6.92 Å². The molecule has 18 heavy (non-hydrogen) atoms. The van der Waals surface area contributed by atoms with Gasteiger partial charge in [-0.15, -0.1) is 0 Å². The van der Waals surface area contributed by atoms with Gasteiger partial charge in [-0.05, 0) is 6.92 Å². The molecular weight excluding hydrogens is 255 g/mol. The lowest BCUT2D eigenvalue weighted by Gasteiger charge is -2.47. The predicted molar refractivity (Wildman–Crippen MR) is 55.3 cm³/mol. The first-order chi connectivity index (χ1) is 8.20. The number of rotatable bonds is 7. The lowest BCUT2D eigenvalue weighted by Crippen LogP contribution is -2.62. The van der Waals surface area contributed by atoms with Crippen molar-refractivity contribution in [3.05, 3.63) is 0 Å². The van der Waals surface area contributed by atoms with E-state index in [1.165, 1.54) is 0 Å². The summed E-state index contributed by atoms with van der Waals surface area (Å²) < 4.78 is 44.9. The van der Waals surface area contributed by atoms with Crippen LogP contribution >= 0.6 is 0 Å². The topological polar surface area (TPSA) is 59.0 Å². The van der Waals surface area contributed by atoms with Crippen molar-refractivity contribution in [2.45, 2.75) is 18.7 Å². The zero-order chi connectivity index (χ0) is 13.8. The van der Waals surface area contributed by atoms with Gasteiger partial charge in [-0.1, -0.05) is 0 Å². The molecule has 106 valence electrons. The molecule has 1 rings (SSSR count). The number of carboxylic acid groups (broad SMARTS) is 1. The minimum absolute atomic E-state index is 0.00544. The molecule has 5 nitrogen and oxygen atoms in total. The Labute approximate surface area is 102 Å². The van der Waals surface area contributed by atoms with Crippen LogP contribution in [-0.4, -0.2) is 67.2 Å². The number of ether oxygens (including phenoxy) is 2. The van der Waals surface area contributed by atoms with Crippen LogP contribution in [0.15, 0.2) is 0 Å². The van der Waals surface area contributed by atoms with E-state index in [1.807, 2.05) is 4.90 Å². The van der Waals surface area contributed by atoms with Crippen LogP contribution in [0.4, 0.5) is 13.2 Å². The summed E-state index contributed by atoms with van der Waals surface area (Å²) in [6.07, 6.45) is -4.30. The van der Waals surface area contributed by atoms with Gasteiger partial charge in [-0.3, -0.25) is 4.90 Å². The van der Waals surface area contributed by atoms with Crippen LogP contribution in [0, 0.1) is 0 Å². The van der Waals surface area contributed by atoms with Gasteiger partial charge in [-0.2, -0.15) is 13.2 Å². The summed E-state index contributed by atoms with van der Waals surface area (Å²) in [6, 6.07) is 0. The SMILES string of the molecule is CC1(OCC(=O)O)CN(CCOCC(F)(F)F)C1. The van der Waals surface area contributed by atoms with Gasteiger partial charge in [0.1, 0.15) is 13.2 Å². The van der Waals surface area contributed by atoms with Gasteiger partial charge in [0.25, 0.3) is 0 Å². The molecular formula is C10H16F3NO4. The molecule has 0 radical (unpaired) electrons. The first-order valence-corrected chi connectivity index (χ1v) is 5.43. The van der Waals surface area contributed by atoms with Crippen LogP contribution in [0.3, 0.4) is 0 Å². The normalized spacial score (nSPS) is 19.6. The highest BCUT2D eigenvalue weighted by Gasteiger charge is 2.39. The molecule has 1 fully saturated rings. The van der Waals surface area contributed by atoms with E-state index in [0.29, 0.717) is 19.6 Å². The summed E-state index contributed by atoms with van der Waals surface area (Å²) in [7, 11) is 0. The molecule has 0 aliphatic carbocycles. The van der Waals surface area contributed by atoms with Gasteiger partial charge in [0.2, 0.25) is 0 Å². The highest BCUT2D eigenvalue weighted by atomic mass is 19.4. The molecule has 8 heteroatoms. The van der Waals surface area contributed by atoms with Crippen LogP contribution < -0.4 is 0 Å². The molecule has 0 spiro atoms. The molecule has 1 N–H and O–H groups in total. The zero-order valence-electron chi connectivity index (χ0n) is 10.00. The monoisotopic (exact) mass is 271 g/mol.